The van der Waals surface area contributed by atoms with Gasteiger partial charge >= 0.3 is 0 Å². The Hall–Kier alpha value is -1.79. The van der Waals surface area contributed by atoms with Gasteiger partial charge in [-0.2, -0.15) is 0 Å². The van der Waals surface area contributed by atoms with E-state index in [9.17, 15) is 9.90 Å². The van der Waals surface area contributed by atoms with Gasteiger partial charge in [0, 0.05) is 23.9 Å². The lowest BCUT2D eigenvalue weighted by Crippen LogP contribution is -2.31. The molecule has 0 radical (unpaired) electrons. The Kier molecular flexibility index (Phi) is 4.38. The minimum absolute atomic E-state index is 0.187. The van der Waals surface area contributed by atoms with Gasteiger partial charge in [0.2, 0.25) is 0 Å². The number of hydrogen-bond acceptors (Lipinski definition) is 2. The highest BCUT2D eigenvalue weighted by atomic mass is 16.3. The van der Waals surface area contributed by atoms with Crippen molar-refractivity contribution in [3.8, 4) is 11.8 Å². The van der Waals surface area contributed by atoms with Gasteiger partial charge in [0.05, 0.1) is 6.10 Å². The molecule has 2 rings (SSSR count). The van der Waals surface area contributed by atoms with E-state index in [2.05, 4.69) is 17.2 Å². The number of hydrogen-bond donors (Lipinski definition) is 2. The van der Waals surface area contributed by atoms with Crippen molar-refractivity contribution in [2.75, 3.05) is 6.54 Å². The van der Waals surface area contributed by atoms with E-state index < -0.39 is 0 Å². The molecule has 1 amide bonds. The summed E-state index contributed by atoms with van der Waals surface area (Å²) in [6.07, 6.45) is 2.59. The lowest BCUT2D eigenvalue weighted by molar-refractivity contribution is -0.115. The van der Waals surface area contributed by atoms with Crippen LogP contribution in [0.3, 0.4) is 0 Å². The van der Waals surface area contributed by atoms with Gasteiger partial charge in [-0.25, -0.2) is 0 Å². The lowest BCUT2D eigenvalue weighted by atomic mass is 10.1. The first-order chi connectivity index (χ1) is 8.75. The van der Waals surface area contributed by atoms with E-state index in [1.165, 1.54) is 0 Å². The van der Waals surface area contributed by atoms with Crippen molar-refractivity contribution in [1.29, 1.82) is 0 Å². The van der Waals surface area contributed by atoms with Crippen molar-refractivity contribution in [3.63, 3.8) is 0 Å². The summed E-state index contributed by atoms with van der Waals surface area (Å²) in [4.78, 5) is 11.5. The third-order valence-electron chi connectivity index (χ3n) is 3.24. The van der Waals surface area contributed by atoms with Gasteiger partial charge in [-0.3, -0.25) is 4.79 Å². The molecule has 1 aliphatic carbocycles. The lowest BCUT2D eigenvalue weighted by Gasteiger charge is -2.13. The first-order valence-electron chi connectivity index (χ1n) is 6.28. The predicted octanol–water partition coefficient (Wildman–Crippen LogP) is 1.32. The quantitative estimate of drug-likeness (QED) is 0.770. The average molecular weight is 243 g/mol. The van der Waals surface area contributed by atoms with E-state index >= 15 is 0 Å². The second-order valence-corrected chi connectivity index (χ2v) is 4.58. The molecular formula is C15H17NO2. The predicted molar refractivity (Wildman–Crippen MR) is 69.7 cm³/mol. The van der Waals surface area contributed by atoms with Crippen molar-refractivity contribution >= 4 is 5.91 Å². The number of aliphatic hydroxyl groups excluding tert-OH is 1. The Balaban J connectivity index is 1.81. The normalized spacial score (nSPS) is 22.1. The van der Waals surface area contributed by atoms with Crippen LogP contribution in [0.4, 0.5) is 0 Å². The standard InChI is InChI=1S/C15H17NO2/c17-14-8-4-7-13(14)11-16-15(18)10-9-12-5-2-1-3-6-12/h1-3,5-6,13-14,17H,4,7-8,11H2,(H,16,18). The van der Waals surface area contributed by atoms with Gasteiger partial charge in [-0.1, -0.05) is 30.5 Å². The zero-order valence-electron chi connectivity index (χ0n) is 10.2. The summed E-state index contributed by atoms with van der Waals surface area (Å²) in [7, 11) is 0. The number of aliphatic hydroxyl groups is 1. The van der Waals surface area contributed by atoms with Crippen molar-refractivity contribution in [3.05, 3.63) is 35.9 Å². The number of rotatable bonds is 2. The number of amides is 1. The van der Waals surface area contributed by atoms with Crippen LogP contribution in [0.25, 0.3) is 0 Å². The van der Waals surface area contributed by atoms with Gasteiger partial charge in [0.25, 0.3) is 5.91 Å². The molecule has 3 nitrogen and oxygen atoms in total. The Labute approximate surface area is 107 Å². The Morgan fingerprint density at radius 3 is 2.78 bits per heavy atom. The van der Waals surface area contributed by atoms with Crippen molar-refractivity contribution in [1.82, 2.24) is 5.32 Å². The molecule has 1 fully saturated rings. The largest absolute Gasteiger partial charge is 0.393 e. The number of benzene rings is 1. The van der Waals surface area contributed by atoms with E-state index in [0.29, 0.717) is 6.54 Å². The maximum Gasteiger partial charge on any atom is 0.296 e. The molecule has 1 aromatic carbocycles. The second kappa shape index (κ2) is 6.23. The van der Waals surface area contributed by atoms with Crippen LogP contribution in [0.15, 0.2) is 30.3 Å². The first-order valence-corrected chi connectivity index (χ1v) is 6.28. The summed E-state index contributed by atoms with van der Waals surface area (Å²) >= 11 is 0. The SMILES string of the molecule is O=C(C#Cc1ccccc1)NCC1CCCC1O. The molecule has 0 bridgehead atoms. The monoisotopic (exact) mass is 243 g/mol. The van der Waals surface area contributed by atoms with Gasteiger partial charge < -0.3 is 10.4 Å². The summed E-state index contributed by atoms with van der Waals surface area (Å²) in [5.74, 6) is 5.27. The minimum Gasteiger partial charge on any atom is -0.393 e. The third kappa shape index (κ3) is 3.61. The third-order valence-corrected chi connectivity index (χ3v) is 3.24. The van der Waals surface area contributed by atoms with Crippen LogP contribution in [0.5, 0.6) is 0 Å². The molecule has 0 aliphatic heterocycles. The zero-order chi connectivity index (χ0) is 12.8. The maximum atomic E-state index is 11.5. The van der Waals surface area contributed by atoms with E-state index in [-0.39, 0.29) is 17.9 Å². The van der Waals surface area contributed by atoms with E-state index in [4.69, 9.17) is 0 Å². The van der Waals surface area contributed by atoms with Gasteiger partial charge in [-0.15, -0.1) is 0 Å². The van der Waals surface area contributed by atoms with E-state index in [0.717, 1.165) is 24.8 Å². The maximum absolute atomic E-state index is 11.5. The fourth-order valence-corrected chi connectivity index (χ4v) is 2.17. The van der Waals surface area contributed by atoms with E-state index in [1.54, 1.807) is 0 Å². The molecule has 0 aromatic heterocycles. The molecular weight excluding hydrogens is 226 g/mol. The molecule has 18 heavy (non-hydrogen) atoms. The highest BCUT2D eigenvalue weighted by molar-refractivity contribution is 5.94. The van der Waals surface area contributed by atoms with Crippen LogP contribution in [0.1, 0.15) is 24.8 Å². The Morgan fingerprint density at radius 2 is 2.11 bits per heavy atom. The number of carbonyl (C=O) groups excluding carboxylic acids is 1. The Bertz CT molecular complexity index is 458. The smallest absolute Gasteiger partial charge is 0.296 e. The molecule has 3 heteroatoms. The molecule has 1 aliphatic rings. The summed E-state index contributed by atoms with van der Waals surface area (Å²) in [5.41, 5.74) is 0.827. The van der Waals surface area contributed by atoms with Gasteiger partial charge in [0.1, 0.15) is 0 Å². The highest BCUT2D eigenvalue weighted by Gasteiger charge is 2.24. The zero-order valence-corrected chi connectivity index (χ0v) is 10.2. The van der Waals surface area contributed by atoms with Gasteiger partial charge in [-0.05, 0) is 25.0 Å². The first kappa shape index (κ1) is 12.7. The van der Waals surface area contributed by atoms with Crippen LogP contribution >= 0.6 is 0 Å². The Morgan fingerprint density at radius 1 is 1.33 bits per heavy atom. The molecule has 0 saturated heterocycles. The minimum atomic E-state index is -0.280. The molecule has 2 unspecified atom stereocenters. The molecule has 0 spiro atoms. The van der Waals surface area contributed by atoms with Crippen LogP contribution in [0, 0.1) is 17.8 Å². The molecule has 0 heterocycles. The van der Waals surface area contributed by atoms with Crippen LogP contribution in [-0.2, 0) is 4.79 Å². The number of carbonyl (C=O) groups is 1. The summed E-state index contributed by atoms with van der Waals surface area (Å²) in [5, 5.41) is 12.4. The topological polar surface area (TPSA) is 49.3 Å². The average Bonchev–Trinajstić information content (AvgIpc) is 2.81. The fourth-order valence-electron chi connectivity index (χ4n) is 2.17. The van der Waals surface area contributed by atoms with Crippen LogP contribution in [0.2, 0.25) is 0 Å². The highest BCUT2D eigenvalue weighted by Crippen LogP contribution is 2.24. The van der Waals surface area contributed by atoms with Crippen LogP contribution in [-0.4, -0.2) is 23.7 Å². The van der Waals surface area contributed by atoms with Crippen LogP contribution < -0.4 is 5.32 Å². The fraction of sp³-hybridized carbons (Fsp3) is 0.400. The molecule has 1 aromatic rings. The molecule has 2 atom stereocenters. The summed E-state index contributed by atoms with van der Waals surface area (Å²) in [6.45, 7) is 0.517. The molecule has 2 N–H and O–H groups in total. The number of nitrogens with one attached hydrogen (secondary N) is 1. The second-order valence-electron chi connectivity index (χ2n) is 4.58. The van der Waals surface area contributed by atoms with Crippen molar-refractivity contribution in [2.45, 2.75) is 25.4 Å². The van der Waals surface area contributed by atoms with Gasteiger partial charge in [0.15, 0.2) is 0 Å². The van der Waals surface area contributed by atoms with E-state index in [1.807, 2.05) is 30.3 Å². The molecule has 94 valence electrons. The summed E-state index contributed by atoms with van der Waals surface area (Å²) < 4.78 is 0. The van der Waals surface area contributed by atoms with Crippen molar-refractivity contribution in [2.24, 2.45) is 5.92 Å². The molecule has 1 saturated carbocycles. The van der Waals surface area contributed by atoms with Crippen molar-refractivity contribution < 1.29 is 9.90 Å². The summed E-state index contributed by atoms with van der Waals surface area (Å²) in [6, 6.07) is 9.41.